The monoisotopic (exact) mass is 787 g/mol. The first kappa shape index (κ1) is 37.0. The second kappa shape index (κ2) is 15.8. The lowest BCUT2D eigenvalue weighted by Gasteiger charge is -2.24. The Bertz CT molecular complexity index is 3180. The first-order valence-electron chi connectivity index (χ1n) is 20.1. The lowest BCUT2D eigenvalue weighted by molar-refractivity contribution is 0.0986. The third kappa shape index (κ3) is 6.84. The summed E-state index contributed by atoms with van der Waals surface area (Å²) in [5, 5.41) is 1.92. The largest absolute Gasteiger partial charge is 0.311 e. The van der Waals surface area contributed by atoms with E-state index in [1.54, 1.807) is 18.0 Å². The molecule has 290 valence electrons. The van der Waals surface area contributed by atoms with E-state index < -0.39 is 0 Å². The number of carbonyl (C=O) groups excluding carboxylic acids is 2. The molecular formula is C54H37N5O2. The number of fused-ring (bicyclic) bond motifs is 3. The molecule has 0 aliphatic heterocycles. The summed E-state index contributed by atoms with van der Waals surface area (Å²) in [7, 11) is 1.78. The zero-order valence-corrected chi connectivity index (χ0v) is 33.2. The fraction of sp³-hybridized carbons (Fsp3) is 0.0185. The number of para-hydroxylation sites is 1. The Kier molecular flexibility index (Phi) is 9.59. The van der Waals surface area contributed by atoms with Gasteiger partial charge < -0.3 is 9.47 Å². The van der Waals surface area contributed by atoms with Crippen LogP contribution in [0, 0.1) is 0 Å². The van der Waals surface area contributed by atoms with E-state index in [0.717, 1.165) is 72.7 Å². The molecular weight excluding hydrogens is 751 g/mol. The van der Waals surface area contributed by atoms with Crippen molar-refractivity contribution in [2.45, 2.75) is 0 Å². The molecule has 0 unspecified atom stereocenters. The van der Waals surface area contributed by atoms with Gasteiger partial charge in [-0.05, 0) is 59.2 Å². The molecule has 0 spiro atoms. The molecule has 0 atom stereocenters. The van der Waals surface area contributed by atoms with Crippen LogP contribution >= 0.6 is 0 Å². The van der Waals surface area contributed by atoms with Crippen LogP contribution in [0.1, 0.15) is 20.7 Å². The normalized spacial score (nSPS) is 11.2. The molecule has 2 heterocycles. The minimum Gasteiger partial charge on any atom is -0.311 e. The van der Waals surface area contributed by atoms with Crippen LogP contribution in [-0.4, -0.2) is 38.8 Å². The number of carbonyl (C=O) groups is 2. The molecule has 7 heteroatoms. The molecule has 0 saturated carbocycles. The first-order chi connectivity index (χ1) is 30.1. The zero-order chi connectivity index (χ0) is 41.3. The standard InChI is InChI=1S/C54H37N5O2/c1-58(46-31-29-40(36-17-6-2-7-18-36)33-44(46)37-19-8-3-9-20-37)54(61)50-42(35-60)25-16-28-49(50)59-47-27-15-14-26-43(47)45-34-41(30-32-48(45)59)53-56-51(38-21-10-4-11-22-38)55-52(57-53)39-23-12-5-13-24-39/h2-35H,1H3. The Labute approximate surface area is 352 Å². The number of nitrogens with zero attached hydrogens (tertiary/aromatic N) is 5. The van der Waals surface area contributed by atoms with E-state index in [4.69, 9.17) is 15.0 Å². The van der Waals surface area contributed by atoms with Crippen molar-refractivity contribution in [3.8, 4) is 62.1 Å². The Morgan fingerprint density at radius 2 is 1.00 bits per heavy atom. The van der Waals surface area contributed by atoms with Crippen LogP contribution in [0.5, 0.6) is 0 Å². The van der Waals surface area contributed by atoms with Gasteiger partial charge in [0.2, 0.25) is 0 Å². The van der Waals surface area contributed by atoms with Crippen molar-refractivity contribution >= 4 is 39.7 Å². The Morgan fingerprint density at radius 1 is 0.475 bits per heavy atom. The molecule has 0 aliphatic rings. The maximum absolute atomic E-state index is 15.1. The summed E-state index contributed by atoms with van der Waals surface area (Å²) in [5.41, 5.74) is 10.2. The van der Waals surface area contributed by atoms with E-state index in [1.165, 1.54) is 0 Å². The maximum atomic E-state index is 15.1. The number of hydrogen-bond donors (Lipinski definition) is 0. The molecule has 0 saturated heterocycles. The third-order valence-electron chi connectivity index (χ3n) is 11.1. The van der Waals surface area contributed by atoms with Crippen LogP contribution in [-0.2, 0) is 0 Å². The van der Waals surface area contributed by atoms with Gasteiger partial charge >= 0.3 is 0 Å². The van der Waals surface area contributed by atoms with Gasteiger partial charge in [0.05, 0.1) is 28.0 Å². The predicted octanol–water partition coefficient (Wildman–Crippen LogP) is 12.4. The fourth-order valence-electron chi connectivity index (χ4n) is 8.15. The molecule has 0 fully saturated rings. The SMILES string of the molecule is CN(C(=O)c1c(C=O)cccc1-n1c2ccccc2c2cc(-c3nc(-c4ccccc4)nc(-c4ccccc4)n3)ccc21)c1ccc(-c2ccccc2)cc1-c1ccccc1. The number of amides is 1. The molecule has 0 bridgehead atoms. The molecule has 10 aromatic rings. The molecule has 61 heavy (non-hydrogen) atoms. The van der Waals surface area contributed by atoms with Crippen LogP contribution < -0.4 is 4.90 Å². The summed E-state index contributed by atoms with van der Waals surface area (Å²) in [6.45, 7) is 0. The predicted molar refractivity (Wildman–Crippen MR) is 246 cm³/mol. The third-order valence-corrected chi connectivity index (χ3v) is 11.1. The molecule has 7 nitrogen and oxygen atoms in total. The Morgan fingerprint density at radius 3 is 1.62 bits per heavy atom. The molecule has 10 rings (SSSR count). The number of aldehydes is 1. The summed E-state index contributed by atoms with van der Waals surface area (Å²) in [5.74, 6) is 1.39. The van der Waals surface area contributed by atoms with Gasteiger partial charge in [0, 0.05) is 45.6 Å². The quantitative estimate of drug-likeness (QED) is 0.136. The van der Waals surface area contributed by atoms with Crippen molar-refractivity contribution in [2.24, 2.45) is 0 Å². The highest BCUT2D eigenvalue weighted by atomic mass is 16.2. The van der Waals surface area contributed by atoms with Gasteiger partial charge in [0.25, 0.3) is 5.91 Å². The second-order valence-electron chi connectivity index (χ2n) is 14.8. The van der Waals surface area contributed by atoms with E-state index in [0.29, 0.717) is 34.3 Å². The van der Waals surface area contributed by atoms with Crippen LogP contribution in [0.4, 0.5) is 5.69 Å². The number of benzene rings is 8. The number of rotatable bonds is 9. The van der Waals surface area contributed by atoms with Gasteiger partial charge in [-0.3, -0.25) is 9.59 Å². The molecule has 0 aliphatic carbocycles. The van der Waals surface area contributed by atoms with Crippen LogP contribution in [0.3, 0.4) is 0 Å². The Balaban J connectivity index is 1.12. The van der Waals surface area contributed by atoms with E-state index in [2.05, 4.69) is 34.9 Å². The maximum Gasteiger partial charge on any atom is 0.260 e. The summed E-state index contributed by atoms with van der Waals surface area (Å²) < 4.78 is 2.08. The average Bonchev–Trinajstić information content (AvgIpc) is 3.67. The average molecular weight is 788 g/mol. The lowest BCUT2D eigenvalue weighted by Crippen LogP contribution is -2.29. The second-order valence-corrected chi connectivity index (χ2v) is 14.8. The number of hydrogen-bond acceptors (Lipinski definition) is 5. The highest BCUT2D eigenvalue weighted by Crippen LogP contribution is 2.39. The van der Waals surface area contributed by atoms with Crippen LogP contribution in [0.15, 0.2) is 200 Å². The molecule has 2 aromatic heterocycles. The van der Waals surface area contributed by atoms with E-state index >= 15 is 4.79 Å². The van der Waals surface area contributed by atoms with Gasteiger partial charge in [0.15, 0.2) is 23.8 Å². The minimum absolute atomic E-state index is 0.297. The highest BCUT2D eigenvalue weighted by Gasteiger charge is 2.26. The molecule has 1 amide bonds. The van der Waals surface area contributed by atoms with Gasteiger partial charge in [0.1, 0.15) is 0 Å². The number of aromatic nitrogens is 4. The summed E-state index contributed by atoms with van der Waals surface area (Å²) >= 11 is 0. The van der Waals surface area contributed by atoms with E-state index in [9.17, 15) is 4.79 Å². The molecule has 8 aromatic carbocycles. The van der Waals surface area contributed by atoms with Crippen LogP contribution in [0.2, 0.25) is 0 Å². The van der Waals surface area contributed by atoms with Gasteiger partial charge in [-0.1, -0.05) is 158 Å². The summed E-state index contributed by atoms with van der Waals surface area (Å²) in [6, 6.07) is 65.9. The van der Waals surface area contributed by atoms with Crippen LogP contribution in [0.25, 0.3) is 83.9 Å². The first-order valence-corrected chi connectivity index (χ1v) is 20.1. The lowest BCUT2D eigenvalue weighted by atomic mass is 9.96. The van der Waals surface area contributed by atoms with Crippen molar-refractivity contribution < 1.29 is 9.59 Å². The van der Waals surface area contributed by atoms with Crippen molar-refractivity contribution in [2.75, 3.05) is 11.9 Å². The van der Waals surface area contributed by atoms with Crippen molar-refractivity contribution in [3.63, 3.8) is 0 Å². The van der Waals surface area contributed by atoms with Crippen molar-refractivity contribution in [1.82, 2.24) is 19.5 Å². The van der Waals surface area contributed by atoms with E-state index in [1.807, 2.05) is 164 Å². The smallest absolute Gasteiger partial charge is 0.260 e. The fourth-order valence-corrected chi connectivity index (χ4v) is 8.15. The van der Waals surface area contributed by atoms with Gasteiger partial charge in [-0.2, -0.15) is 0 Å². The van der Waals surface area contributed by atoms with Crippen molar-refractivity contribution in [3.05, 3.63) is 211 Å². The molecule has 0 radical (unpaired) electrons. The summed E-state index contributed by atoms with van der Waals surface area (Å²) in [6.07, 6.45) is 0.766. The minimum atomic E-state index is -0.308. The van der Waals surface area contributed by atoms with Crippen molar-refractivity contribution in [1.29, 1.82) is 0 Å². The zero-order valence-electron chi connectivity index (χ0n) is 33.2. The number of anilines is 1. The highest BCUT2D eigenvalue weighted by molar-refractivity contribution is 6.16. The van der Waals surface area contributed by atoms with E-state index in [-0.39, 0.29) is 5.91 Å². The van der Waals surface area contributed by atoms with Gasteiger partial charge in [-0.15, -0.1) is 0 Å². The Hall–Kier alpha value is -8.29. The van der Waals surface area contributed by atoms with Gasteiger partial charge in [-0.25, -0.2) is 15.0 Å². The summed E-state index contributed by atoms with van der Waals surface area (Å²) in [4.78, 5) is 44.5. The topological polar surface area (TPSA) is 81.0 Å². The molecule has 0 N–H and O–H groups in total.